The molecule has 0 atom stereocenters. The molecule has 0 saturated heterocycles. The van der Waals surface area contributed by atoms with Crippen LogP contribution >= 0.6 is 11.3 Å². The van der Waals surface area contributed by atoms with E-state index in [1.165, 1.54) is 11.3 Å². The number of hydrogen-bond donors (Lipinski definition) is 1. The average molecular weight is 361 g/mol. The molecule has 0 spiro atoms. The Kier molecular flexibility index (Phi) is 4.57. The molecule has 0 aliphatic rings. The van der Waals surface area contributed by atoms with Gasteiger partial charge in [0.1, 0.15) is 16.5 Å². The van der Waals surface area contributed by atoms with Gasteiger partial charge in [0, 0.05) is 35.4 Å². The van der Waals surface area contributed by atoms with Gasteiger partial charge in [-0.3, -0.25) is 9.78 Å². The Morgan fingerprint density at radius 2 is 1.96 bits per heavy atom. The van der Waals surface area contributed by atoms with Crippen molar-refractivity contribution in [2.75, 3.05) is 0 Å². The van der Waals surface area contributed by atoms with Crippen molar-refractivity contribution >= 4 is 17.2 Å². The SMILES string of the molecule is O=C(NCc1cncc(-c2ccco2)c1)c1csc(-c2ccccc2)n1. The number of thiazole rings is 1. The zero-order valence-electron chi connectivity index (χ0n) is 13.8. The predicted molar refractivity (Wildman–Crippen MR) is 101 cm³/mol. The van der Waals surface area contributed by atoms with Gasteiger partial charge in [-0.25, -0.2) is 4.98 Å². The third kappa shape index (κ3) is 3.55. The van der Waals surface area contributed by atoms with Gasteiger partial charge in [-0.15, -0.1) is 11.3 Å². The van der Waals surface area contributed by atoms with Crippen molar-refractivity contribution < 1.29 is 9.21 Å². The number of carbonyl (C=O) groups excluding carboxylic acids is 1. The van der Waals surface area contributed by atoms with E-state index in [0.29, 0.717) is 12.2 Å². The Labute approximate surface area is 154 Å². The summed E-state index contributed by atoms with van der Waals surface area (Å²) in [7, 11) is 0. The highest BCUT2D eigenvalue weighted by Crippen LogP contribution is 2.23. The third-order valence-electron chi connectivity index (χ3n) is 3.81. The molecule has 1 aromatic carbocycles. The number of hydrogen-bond acceptors (Lipinski definition) is 5. The molecule has 128 valence electrons. The Hall–Kier alpha value is -3.25. The molecule has 4 rings (SSSR count). The van der Waals surface area contributed by atoms with Crippen LogP contribution < -0.4 is 5.32 Å². The standard InChI is InChI=1S/C20H15N3O2S/c24-19(17-13-26-20(23-17)15-5-2-1-3-6-15)22-11-14-9-16(12-21-10-14)18-7-4-8-25-18/h1-10,12-13H,11H2,(H,22,24). The molecule has 0 aliphatic heterocycles. The smallest absolute Gasteiger partial charge is 0.271 e. The first-order valence-corrected chi connectivity index (χ1v) is 8.94. The molecule has 1 N–H and O–H groups in total. The van der Waals surface area contributed by atoms with Gasteiger partial charge in [0.2, 0.25) is 0 Å². The summed E-state index contributed by atoms with van der Waals surface area (Å²) in [6.07, 6.45) is 5.08. The van der Waals surface area contributed by atoms with Crippen LogP contribution in [-0.4, -0.2) is 15.9 Å². The summed E-state index contributed by atoms with van der Waals surface area (Å²) in [4.78, 5) is 21.0. The molecule has 26 heavy (non-hydrogen) atoms. The highest BCUT2D eigenvalue weighted by Gasteiger charge is 2.12. The second kappa shape index (κ2) is 7.33. The van der Waals surface area contributed by atoms with Gasteiger partial charge in [0.25, 0.3) is 5.91 Å². The van der Waals surface area contributed by atoms with Crippen LogP contribution in [0.4, 0.5) is 0 Å². The van der Waals surface area contributed by atoms with Crippen molar-refractivity contribution in [2.24, 2.45) is 0 Å². The number of pyridine rings is 1. The highest BCUT2D eigenvalue weighted by atomic mass is 32.1. The van der Waals surface area contributed by atoms with Crippen molar-refractivity contribution in [1.82, 2.24) is 15.3 Å². The lowest BCUT2D eigenvalue weighted by molar-refractivity contribution is 0.0946. The number of benzene rings is 1. The van der Waals surface area contributed by atoms with Crippen LogP contribution in [0.25, 0.3) is 21.9 Å². The monoisotopic (exact) mass is 361 g/mol. The molecule has 0 fully saturated rings. The number of furan rings is 1. The number of aromatic nitrogens is 2. The molecule has 0 bridgehead atoms. The minimum absolute atomic E-state index is 0.202. The van der Waals surface area contributed by atoms with Crippen LogP contribution in [0.2, 0.25) is 0 Å². The van der Waals surface area contributed by atoms with Crippen molar-refractivity contribution in [3.05, 3.63) is 83.8 Å². The molecule has 4 aromatic rings. The van der Waals surface area contributed by atoms with E-state index in [-0.39, 0.29) is 5.91 Å². The number of nitrogens with one attached hydrogen (secondary N) is 1. The van der Waals surface area contributed by atoms with Gasteiger partial charge < -0.3 is 9.73 Å². The molecular weight excluding hydrogens is 346 g/mol. The summed E-state index contributed by atoms with van der Waals surface area (Å²) < 4.78 is 5.38. The first kappa shape index (κ1) is 16.2. The van der Waals surface area contributed by atoms with E-state index in [0.717, 1.165) is 27.5 Å². The van der Waals surface area contributed by atoms with Crippen molar-refractivity contribution in [2.45, 2.75) is 6.54 Å². The normalized spacial score (nSPS) is 10.6. The van der Waals surface area contributed by atoms with E-state index in [9.17, 15) is 4.79 Å². The maximum Gasteiger partial charge on any atom is 0.271 e. The van der Waals surface area contributed by atoms with Crippen LogP contribution in [0.1, 0.15) is 16.1 Å². The zero-order valence-corrected chi connectivity index (χ0v) is 14.6. The lowest BCUT2D eigenvalue weighted by atomic mass is 10.1. The summed E-state index contributed by atoms with van der Waals surface area (Å²) >= 11 is 1.46. The molecule has 5 nitrogen and oxygen atoms in total. The minimum atomic E-state index is -0.202. The Bertz CT molecular complexity index is 1010. The van der Waals surface area contributed by atoms with E-state index in [2.05, 4.69) is 15.3 Å². The second-order valence-corrected chi connectivity index (χ2v) is 6.50. The fraction of sp³-hybridized carbons (Fsp3) is 0.0500. The van der Waals surface area contributed by atoms with Gasteiger partial charge in [-0.2, -0.15) is 0 Å². The second-order valence-electron chi connectivity index (χ2n) is 5.65. The van der Waals surface area contributed by atoms with Gasteiger partial charge in [-0.05, 0) is 23.8 Å². The first-order valence-electron chi connectivity index (χ1n) is 8.06. The molecule has 3 heterocycles. The number of rotatable bonds is 5. The van der Waals surface area contributed by atoms with Crippen LogP contribution in [0.3, 0.4) is 0 Å². The molecule has 1 amide bonds. The van der Waals surface area contributed by atoms with E-state index in [1.54, 1.807) is 24.0 Å². The van der Waals surface area contributed by atoms with Crippen molar-refractivity contribution in [1.29, 1.82) is 0 Å². The molecule has 0 radical (unpaired) electrons. The molecule has 0 saturated carbocycles. The summed E-state index contributed by atoms with van der Waals surface area (Å²) in [6, 6.07) is 15.5. The largest absolute Gasteiger partial charge is 0.464 e. The lowest BCUT2D eigenvalue weighted by Gasteiger charge is -2.05. The minimum Gasteiger partial charge on any atom is -0.464 e. The average Bonchev–Trinajstić information content (AvgIpc) is 3.39. The summed E-state index contributed by atoms with van der Waals surface area (Å²) in [5, 5.41) is 5.49. The third-order valence-corrected chi connectivity index (χ3v) is 4.70. The van der Waals surface area contributed by atoms with Crippen molar-refractivity contribution in [3.8, 4) is 21.9 Å². The lowest BCUT2D eigenvalue weighted by Crippen LogP contribution is -2.23. The quantitative estimate of drug-likeness (QED) is 0.572. The van der Waals surface area contributed by atoms with E-state index >= 15 is 0 Å². The van der Waals surface area contributed by atoms with E-state index in [4.69, 9.17) is 4.42 Å². The maximum absolute atomic E-state index is 12.4. The van der Waals surface area contributed by atoms with E-state index < -0.39 is 0 Å². The van der Waals surface area contributed by atoms with Crippen LogP contribution in [0.15, 0.2) is 77.0 Å². The zero-order chi connectivity index (χ0) is 17.8. The van der Waals surface area contributed by atoms with Crippen LogP contribution in [-0.2, 0) is 6.54 Å². The van der Waals surface area contributed by atoms with Gasteiger partial charge in [0.05, 0.1) is 6.26 Å². The fourth-order valence-electron chi connectivity index (χ4n) is 2.53. The van der Waals surface area contributed by atoms with Gasteiger partial charge in [0.15, 0.2) is 0 Å². The van der Waals surface area contributed by atoms with E-state index in [1.807, 2.05) is 48.5 Å². The molecule has 0 unspecified atom stereocenters. The van der Waals surface area contributed by atoms with Gasteiger partial charge >= 0.3 is 0 Å². The van der Waals surface area contributed by atoms with Crippen molar-refractivity contribution in [3.63, 3.8) is 0 Å². The summed E-state index contributed by atoms with van der Waals surface area (Å²) in [5.74, 6) is 0.546. The molecule has 0 aliphatic carbocycles. The maximum atomic E-state index is 12.4. The Morgan fingerprint density at radius 3 is 2.77 bits per heavy atom. The predicted octanol–water partition coefficient (Wildman–Crippen LogP) is 4.40. The Balaban J connectivity index is 1.43. The Morgan fingerprint density at radius 1 is 1.08 bits per heavy atom. The number of carbonyl (C=O) groups is 1. The van der Waals surface area contributed by atoms with Gasteiger partial charge in [-0.1, -0.05) is 30.3 Å². The van der Waals surface area contributed by atoms with Crippen LogP contribution in [0, 0.1) is 0 Å². The summed E-state index contributed by atoms with van der Waals surface area (Å²) in [5.41, 5.74) is 3.20. The fourth-order valence-corrected chi connectivity index (χ4v) is 3.33. The topological polar surface area (TPSA) is 68.0 Å². The highest BCUT2D eigenvalue weighted by molar-refractivity contribution is 7.13. The number of nitrogens with zero attached hydrogens (tertiary/aromatic N) is 2. The number of amides is 1. The first-order chi connectivity index (χ1) is 12.8. The molecule has 6 heteroatoms. The van der Waals surface area contributed by atoms with Crippen LogP contribution in [0.5, 0.6) is 0 Å². The molecule has 3 aromatic heterocycles. The summed E-state index contributed by atoms with van der Waals surface area (Å²) in [6.45, 7) is 0.374. The molecular formula is C20H15N3O2S.